The average Bonchev–Trinajstić information content (AvgIpc) is 2.76. The molecular formula is C9H13N7. The largest absolute Gasteiger partial charge is 0.352 e. The predicted octanol–water partition coefficient (Wildman–Crippen LogP) is -0.683. The highest BCUT2D eigenvalue weighted by Crippen LogP contribution is 2.14. The Bertz CT molecular complexity index is 493. The Hall–Kier alpha value is -1.76. The van der Waals surface area contributed by atoms with Crippen molar-refractivity contribution < 1.29 is 0 Å². The van der Waals surface area contributed by atoms with Gasteiger partial charge in [-0.15, -0.1) is 5.10 Å². The molecule has 0 aromatic carbocycles. The molecule has 1 atom stereocenters. The summed E-state index contributed by atoms with van der Waals surface area (Å²) in [6.45, 7) is 5.03. The highest BCUT2D eigenvalue weighted by atomic mass is 15.5. The van der Waals surface area contributed by atoms with Gasteiger partial charge in [-0.3, -0.25) is 4.98 Å². The van der Waals surface area contributed by atoms with Gasteiger partial charge in [0.15, 0.2) is 11.5 Å². The van der Waals surface area contributed by atoms with Gasteiger partial charge in [-0.2, -0.15) is 4.52 Å². The Balaban J connectivity index is 2.01. The van der Waals surface area contributed by atoms with E-state index in [0.717, 1.165) is 25.5 Å². The first-order chi connectivity index (χ1) is 7.84. The Morgan fingerprint density at radius 3 is 3.25 bits per heavy atom. The van der Waals surface area contributed by atoms with Crippen LogP contribution in [0.15, 0.2) is 12.4 Å². The molecule has 1 saturated heterocycles. The maximum Gasteiger partial charge on any atom is 0.199 e. The van der Waals surface area contributed by atoms with Crippen molar-refractivity contribution in [3.8, 4) is 0 Å². The third-order valence-corrected chi connectivity index (χ3v) is 2.78. The summed E-state index contributed by atoms with van der Waals surface area (Å²) in [6.07, 6.45) is 3.47. The van der Waals surface area contributed by atoms with Crippen LogP contribution >= 0.6 is 0 Å². The molecule has 7 heteroatoms. The summed E-state index contributed by atoms with van der Waals surface area (Å²) in [6, 6.07) is 0.473. The fraction of sp³-hybridized carbons (Fsp3) is 0.556. The van der Waals surface area contributed by atoms with Gasteiger partial charge in [0.25, 0.3) is 0 Å². The zero-order valence-electron chi connectivity index (χ0n) is 9.04. The second-order valence-electron chi connectivity index (χ2n) is 4.02. The van der Waals surface area contributed by atoms with E-state index in [4.69, 9.17) is 0 Å². The fourth-order valence-electron chi connectivity index (χ4n) is 2.02. The quantitative estimate of drug-likeness (QED) is 0.685. The summed E-state index contributed by atoms with van der Waals surface area (Å²) in [5, 5.41) is 14.9. The lowest BCUT2D eigenvalue weighted by atomic mass is 10.2. The van der Waals surface area contributed by atoms with Gasteiger partial charge in [0.05, 0.1) is 12.4 Å². The third kappa shape index (κ3) is 1.49. The smallest absolute Gasteiger partial charge is 0.199 e. The zero-order valence-corrected chi connectivity index (χ0v) is 9.04. The first kappa shape index (κ1) is 9.46. The summed E-state index contributed by atoms with van der Waals surface area (Å²) in [7, 11) is 0. The van der Waals surface area contributed by atoms with E-state index in [-0.39, 0.29) is 0 Å². The number of hydrogen-bond acceptors (Lipinski definition) is 6. The number of nitrogens with zero attached hydrogens (tertiary/aromatic N) is 6. The van der Waals surface area contributed by atoms with Gasteiger partial charge >= 0.3 is 0 Å². The molecule has 1 aliphatic heterocycles. The van der Waals surface area contributed by atoms with Crippen LogP contribution in [0.3, 0.4) is 0 Å². The number of hydrogen-bond donors (Lipinski definition) is 1. The molecule has 1 aliphatic rings. The van der Waals surface area contributed by atoms with E-state index in [1.807, 2.05) is 0 Å². The molecule has 2 aromatic heterocycles. The van der Waals surface area contributed by atoms with Crippen LogP contribution in [0.2, 0.25) is 0 Å². The van der Waals surface area contributed by atoms with Crippen LogP contribution in [0, 0.1) is 0 Å². The summed E-state index contributed by atoms with van der Waals surface area (Å²) in [5.41, 5.74) is 0.684. The van der Waals surface area contributed by atoms with Gasteiger partial charge in [-0.05, 0) is 17.4 Å². The number of aromatic nitrogens is 5. The van der Waals surface area contributed by atoms with Crippen LogP contribution in [0.4, 0.5) is 5.82 Å². The first-order valence-electron chi connectivity index (χ1n) is 5.35. The van der Waals surface area contributed by atoms with Crippen molar-refractivity contribution >= 4 is 11.5 Å². The van der Waals surface area contributed by atoms with E-state index in [2.05, 4.69) is 37.6 Å². The fourth-order valence-corrected chi connectivity index (χ4v) is 2.02. The van der Waals surface area contributed by atoms with Gasteiger partial charge < -0.3 is 10.2 Å². The molecule has 84 valence electrons. The normalized spacial score (nSPS) is 21.6. The minimum Gasteiger partial charge on any atom is -0.352 e. The Morgan fingerprint density at radius 2 is 2.38 bits per heavy atom. The molecule has 7 nitrogen and oxygen atoms in total. The lowest BCUT2D eigenvalue weighted by molar-refractivity contribution is 0.479. The van der Waals surface area contributed by atoms with Crippen molar-refractivity contribution in [3.05, 3.63) is 12.4 Å². The molecule has 1 N–H and O–H groups in total. The second-order valence-corrected chi connectivity index (χ2v) is 4.02. The van der Waals surface area contributed by atoms with Crippen molar-refractivity contribution in [2.45, 2.75) is 13.0 Å². The van der Waals surface area contributed by atoms with Gasteiger partial charge in [0.2, 0.25) is 0 Å². The van der Waals surface area contributed by atoms with Gasteiger partial charge in [0, 0.05) is 25.7 Å². The molecule has 0 spiro atoms. The molecule has 0 aliphatic carbocycles. The van der Waals surface area contributed by atoms with Crippen molar-refractivity contribution in [2.24, 2.45) is 0 Å². The molecule has 0 amide bonds. The summed E-state index contributed by atoms with van der Waals surface area (Å²) in [4.78, 5) is 6.41. The van der Waals surface area contributed by atoms with E-state index in [0.29, 0.717) is 11.7 Å². The lowest BCUT2D eigenvalue weighted by Crippen LogP contribution is -2.49. The van der Waals surface area contributed by atoms with Crippen molar-refractivity contribution in [1.82, 2.24) is 30.3 Å². The Labute approximate surface area is 92.5 Å². The maximum atomic E-state index is 4.16. The number of nitrogens with one attached hydrogen (secondary N) is 1. The van der Waals surface area contributed by atoms with Crippen LogP contribution in [-0.2, 0) is 0 Å². The molecule has 3 heterocycles. The molecule has 1 unspecified atom stereocenters. The summed E-state index contributed by atoms with van der Waals surface area (Å²) < 4.78 is 1.73. The number of tetrazole rings is 1. The standard InChI is InChI=1S/C9H13N7/c1-7-6-15(3-2-11-7)9-5-10-4-8-12-13-14-16(8)9/h4-5,7,11H,2-3,6H2,1H3. The predicted molar refractivity (Wildman–Crippen MR) is 58.3 cm³/mol. The number of fused-ring (bicyclic) bond motifs is 1. The topological polar surface area (TPSA) is 71.2 Å². The van der Waals surface area contributed by atoms with Gasteiger partial charge in [-0.1, -0.05) is 0 Å². The first-order valence-corrected chi connectivity index (χ1v) is 5.35. The number of rotatable bonds is 1. The van der Waals surface area contributed by atoms with E-state index in [1.165, 1.54) is 0 Å². The van der Waals surface area contributed by atoms with Crippen LogP contribution in [0.5, 0.6) is 0 Å². The highest BCUT2D eigenvalue weighted by molar-refractivity contribution is 5.46. The van der Waals surface area contributed by atoms with Crippen LogP contribution < -0.4 is 10.2 Å². The maximum absolute atomic E-state index is 4.16. The van der Waals surface area contributed by atoms with Gasteiger partial charge in [-0.25, -0.2) is 0 Å². The molecule has 0 saturated carbocycles. The van der Waals surface area contributed by atoms with Crippen LogP contribution in [-0.4, -0.2) is 50.7 Å². The lowest BCUT2D eigenvalue weighted by Gasteiger charge is -2.32. The minimum atomic E-state index is 0.473. The number of anilines is 1. The van der Waals surface area contributed by atoms with E-state index in [1.54, 1.807) is 16.9 Å². The molecule has 16 heavy (non-hydrogen) atoms. The van der Waals surface area contributed by atoms with Crippen molar-refractivity contribution in [3.63, 3.8) is 0 Å². The molecule has 0 radical (unpaired) electrons. The van der Waals surface area contributed by atoms with Crippen LogP contribution in [0.25, 0.3) is 5.65 Å². The molecule has 1 fully saturated rings. The summed E-state index contributed by atoms with van der Waals surface area (Å²) >= 11 is 0. The Morgan fingerprint density at radius 1 is 1.44 bits per heavy atom. The van der Waals surface area contributed by atoms with Crippen molar-refractivity contribution in [2.75, 3.05) is 24.5 Å². The highest BCUT2D eigenvalue weighted by Gasteiger charge is 2.18. The zero-order chi connectivity index (χ0) is 11.0. The van der Waals surface area contributed by atoms with E-state index in [9.17, 15) is 0 Å². The third-order valence-electron chi connectivity index (χ3n) is 2.78. The molecular weight excluding hydrogens is 206 g/mol. The minimum absolute atomic E-state index is 0.473. The summed E-state index contributed by atoms with van der Waals surface area (Å²) in [5.74, 6) is 0.954. The van der Waals surface area contributed by atoms with E-state index >= 15 is 0 Å². The molecule has 2 aromatic rings. The van der Waals surface area contributed by atoms with Crippen molar-refractivity contribution in [1.29, 1.82) is 0 Å². The van der Waals surface area contributed by atoms with E-state index < -0.39 is 0 Å². The van der Waals surface area contributed by atoms with Crippen LogP contribution in [0.1, 0.15) is 6.92 Å². The molecule has 3 rings (SSSR count). The Kier molecular flexibility index (Phi) is 2.17. The monoisotopic (exact) mass is 219 g/mol. The number of piperazine rings is 1. The molecule has 0 bridgehead atoms. The van der Waals surface area contributed by atoms with Gasteiger partial charge in [0.1, 0.15) is 0 Å². The second kappa shape index (κ2) is 3.67. The average molecular weight is 219 g/mol. The SMILES string of the molecule is CC1CN(c2cncc3nnnn23)CCN1.